The van der Waals surface area contributed by atoms with Gasteiger partial charge in [0.25, 0.3) is 6.01 Å². The van der Waals surface area contributed by atoms with Crippen LogP contribution in [0.25, 0.3) is 33.7 Å². The number of H-pyrrole nitrogens is 1. The van der Waals surface area contributed by atoms with Crippen molar-refractivity contribution in [3.8, 4) is 28.5 Å². The summed E-state index contributed by atoms with van der Waals surface area (Å²) in [6.07, 6.45) is 0. The van der Waals surface area contributed by atoms with E-state index in [-0.39, 0.29) is 0 Å². The summed E-state index contributed by atoms with van der Waals surface area (Å²) in [5.74, 6) is 0.577. The molecule has 160 valence electrons. The van der Waals surface area contributed by atoms with Crippen molar-refractivity contribution >= 4 is 11.2 Å². The van der Waals surface area contributed by atoms with E-state index < -0.39 is 0 Å². The summed E-state index contributed by atoms with van der Waals surface area (Å²) in [4.78, 5) is 9.44. The van der Waals surface area contributed by atoms with Crippen LogP contribution in [-0.2, 0) is 6.54 Å². The number of aryl methyl sites for hydroxylation is 2. The lowest BCUT2D eigenvalue weighted by Gasteiger charge is -2.11. The Bertz CT molecular complexity index is 1370. The quantitative estimate of drug-likeness (QED) is 0.435. The van der Waals surface area contributed by atoms with Crippen LogP contribution in [0.4, 0.5) is 0 Å². The molecule has 0 bridgehead atoms. The molecule has 3 aromatic heterocycles. The van der Waals surface area contributed by atoms with Crippen LogP contribution in [0.2, 0.25) is 0 Å². The molecule has 0 aliphatic rings. The molecule has 0 radical (unpaired) electrons. The van der Waals surface area contributed by atoms with Crippen LogP contribution < -0.4 is 4.74 Å². The van der Waals surface area contributed by atoms with Gasteiger partial charge in [-0.3, -0.25) is 4.57 Å². The van der Waals surface area contributed by atoms with Crippen LogP contribution in [0.5, 0.6) is 6.01 Å². The van der Waals surface area contributed by atoms with Gasteiger partial charge in [-0.2, -0.15) is 10.2 Å². The van der Waals surface area contributed by atoms with Crippen molar-refractivity contribution in [2.45, 2.75) is 27.3 Å². The van der Waals surface area contributed by atoms with Gasteiger partial charge in [-0.15, -0.1) is 10.2 Å². The first kappa shape index (κ1) is 19.9. The second kappa shape index (κ2) is 8.22. The molecule has 0 saturated heterocycles. The van der Waals surface area contributed by atoms with E-state index >= 15 is 0 Å². The van der Waals surface area contributed by atoms with Gasteiger partial charge in [0.15, 0.2) is 5.65 Å². The largest absolute Gasteiger partial charge is 0.465 e. The maximum Gasteiger partial charge on any atom is 0.298 e. The van der Waals surface area contributed by atoms with Gasteiger partial charge in [0.05, 0.1) is 13.2 Å². The van der Waals surface area contributed by atoms with Crippen molar-refractivity contribution in [3.05, 3.63) is 71.4 Å². The standard InChI is InChI=1S/C24H23N7O/c1-4-32-24-26-21-15(2)13-16(3)25-23(21)31(24)14-17-9-11-18(12-10-17)19-7-5-6-8-20(19)22-27-29-30-28-22/h5-13H,4,14H2,1-3H3,(H,27,28,29,30). The van der Waals surface area contributed by atoms with Crippen molar-refractivity contribution in [2.75, 3.05) is 6.61 Å². The summed E-state index contributed by atoms with van der Waals surface area (Å²) >= 11 is 0. The third-order valence-electron chi connectivity index (χ3n) is 5.38. The van der Waals surface area contributed by atoms with E-state index in [0.717, 1.165) is 44.7 Å². The Balaban J connectivity index is 1.51. The van der Waals surface area contributed by atoms with E-state index in [0.29, 0.717) is 25.0 Å². The molecular formula is C24H23N7O. The van der Waals surface area contributed by atoms with Crippen LogP contribution in [0.1, 0.15) is 23.7 Å². The number of rotatable bonds is 6. The average molecular weight is 425 g/mol. The second-order valence-electron chi connectivity index (χ2n) is 7.64. The van der Waals surface area contributed by atoms with E-state index in [1.165, 1.54) is 0 Å². The summed E-state index contributed by atoms with van der Waals surface area (Å²) < 4.78 is 7.87. The Morgan fingerprint density at radius 1 is 0.969 bits per heavy atom. The van der Waals surface area contributed by atoms with Crippen LogP contribution in [0, 0.1) is 13.8 Å². The zero-order chi connectivity index (χ0) is 22.1. The number of benzene rings is 2. The van der Waals surface area contributed by atoms with Crippen molar-refractivity contribution in [3.63, 3.8) is 0 Å². The molecule has 0 saturated carbocycles. The topological polar surface area (TPSA) is 94.4 Å². The van der Waals surface area contributed by atoms with Gasteiger partial charge in [0.1, 0.15) is 5.52 Å². The van der Waals surface area contributed by atoms with Crippen molar-refractivity contribution in [2.24, 2.45) is 0 Å². The molecule has 5 rings (SSSR count). The number of aromatic nitrogens is 7. The van der Waals surface area contributed by atoms with Gasteiger partial charge in [0.2, 0.25) is 5.82 Å². The molecule has 0 amide bonds. The summed E-state index contributed by atoms with van der Waals surface area (Å²) in [6, 6.07) is 19.1. The Morgan fingerprint density at radius 3 is 2.47 bits per heavy atom. The molecular weight excluding hydrogens is 402 g/mol. The zero-order valence-corrected chi connectivity index (χ0v) is 18.2. The molecule has 8 heteroatoms. The first-order chi connectivity index (χ1) is 15.6. The number of pyridine rings is 1. The van der Waals surface area contributed by atoms with Gasteiger partial charge in [0, 0.05) is 11.3 Å². The van der Waals surface area contributed by atoms with E-state index in [2.05, 4.69) is 57.9 Å². The van der Waals surface area contributed by atoms with E-state index in [1.54, 1.807) is 0 Å². The van der Waals surface area contributed by atoms with E-state index in [1.807, 2.05) is 42.7 Å². The second-order valence-corrected chi connectivity index (χ2v) is 7.64. The highest BCUT2D eigenvalue weighted by Gasteiger charge is 2.16. The number of hydrogen-bond donors (Lipinski definition) is 1. The Morgan fingerprint density at radius 2 is 1.75 bits per heavy atom. The fourth-order valence-corrected chi connectivity index (χ4v) is 3.94. The average Bonchev–Trinajstić information content (AvgIpc) is 3.44. The summed E-state index contributed by atoms with van der Waals surface area (Å²) in [7, 11) is 0. The summed E-state index contributed by atoms with van der Waals surface area (Å²) in [6.45, 7) is 7.19. The van der Waals surface area contributed by atoms with Crippen molar-refractivity contribution in [1.82, 2.24) is 35.2 Å². The molecule has 1 N–H and O–H groups in total. The molecule has 0 spiro atoms. The Kier molecular flexibility index (Phi) is 5.10. The lowest BCUT2D eigenvalue weighted by atomic mass is 9.98. The van der Waals surface area contributed by atoms with E-state index in [9.17, 15) is 0 Å². The van der Waals surface area contributed by atoms with Crippen molar-refractivity contribution in [1.29, 1.82) is 0 Å². The molecule has 0 aliphatic heterocycles. The van der Waals surface area contributed by atoms with Gasteiger partial charge in [-0.05, 0) is 54.3 Å². The number of fused-ring (bicyclic) bond motifs is 1. The molecule has 3 heterocycles. The predicted molar refractivity (Wildman–Crippen MR) is 122 cm³/mol. The molecule has 32 heavy (non-hydrogen) atoms. The fourth-order valence-electron chi connectivity index (χ4n) is 3.94. The Labute approximate surface area is 185 Å². The van der Waals surface area contributed by atoms with Crippen LogP contribution in [-0.4, -0.2) is 41.8 Å². The fraction of sp³-hybridized carbons (Fsp3) is 0.208. The number of imidazole rings is 1. The number of aromatic amines is 1. The first-order valence-electron chi connectivity index (χ1n) is 10.5. The molecule has 0 atom stereocenters. The van der Waals surface area contributed by atoms with Gasteiger partial charge in [-0.25, -0.2) is 4.98 Å². The zero-order valence-electron chi connectivity index (χ0n) is 18.2. The predicted octanol–water partition coefficient (Wildman–Crippen LogP) is 4.34. The summed E-state index contributed by atoms with van der Waals surface area (Å²) in [5.41, 5.74) is 7.99. The third kappa shape index (κ3) is 3.60. The molecule has 8 nitrogen and oxygen atoms in total. The number of hydrogen-bond acceptors (Lipinski definition) is 6. The summed E-state index contributed by atoms with van der Waals surface area (Å²) in [5, 5.41) is 14.5. The number of ether oxygens (including phenoxy) is 1. The van der Waals surface area contributed by atoms with Gasteiger partial charge < -0.3 is 4.74 Å². The molecule has 2 aromatic carbocycles. The lowest BCUT2D eigenvalue weighted by molar-refractivity contribution is 0.301. The maximum absolute atomic E-state index is 5.83. The van der Waals surface area contributed by atoms with Crippen LogP contribution in [0.3, 0.4) is 0 Å². The van der Waals surface area contributed by atoms with Crippen LogP contribution >= 0.6 is 0 Å². The number of nitrogens with one attached hydrogen (secondary N) is 1. The third-order valence-corrected chi connectivity index (χ3v) is 5.38. The molecule has 0 fully saturated rings. The Hall–Kier alpha value is -4.07. The molecule has 0 unspecified atom stereocenters. The van der Waals surface area contributed by atoms with Crippen LogP contribution in [0.15, 0.2) is 54.6 Å². The smallest absolute Gasteiger partial charge is 0.298 e. The SMILES string of the molecule is CCOc1nc2c(C)cc(C)nc2n1Cc1ccc(-c2ccccc2-c2nn[nH]n2)cc1. The highest BCUT2D eigenvalue weighted by atomic mass is 16.5. The van der Waals surface area contributed by atoms with Gasteiger partial charge >= 0.3 is 0 Å². The highest BCUT2D eigenvalue weighted by molar-refractivity contribution is 5.80. The lowest BCUT2D eigenvalue weighted by Crippen LogP contribution is -2.06. The normalized spacial score (nSPS) is 11.2. The highest BCUT2D eigenvalue weighted by Crippen LogP contribution is 2.30. The first-order valence-corrected chi connectivity index (χ1v) is 10.5. The van der Waals surface area contributed by atoms with E-state index in [4.69, 9.17) is 14.7 Å². The monoisotopic (exact) mass is 425 g/mol. The number of nitrogens with zero attached hydrogens (tertiary/aromatic N) is 6. The molecule has 0 aliphatic carbocycles. The minimum Gasteiger partial charge on any atom is -0.465 e. The number of tetrazole rings is 1. The van der Waals surface area contributed by atoms with Gasteiger partial charge in [-0.1, -0.05) is 48.5 Å². The van der Waals surface area contributed by atoms with Crippen molar-refractivity contribution < 1.29 is 4.74 Å². The minimum atomic E-state index is 0.549. The molecule has 5 aromatic rings. The maximum atomic E-state index is 5.83. The minimum absolute atomic E-state index is 0.549.